The number of urea groups is 1. The summed E-state index contributed by atoms with van der Waals surface area (Å²) in [7, 11) is 0. The Labute approximate surface area is 87.5 Å². The zero-order chi connectivity index (χ0) is 11.3. The van der Waals surface area contributed by atoms with Crippen molar-refractivity contribution in [2.45, 2.75) is 13.3 Å². The standard InChI is InChI=1S/C9H14N2O4/c1-7-2-4-11(5-3-7)9(14)10-15-6-8(12)13/h2H,3-6H2,1H3,(H,10,14)(H,12,13). The first-order chi connectivity index (χ1) is 7.09. The number of rotatable bonds is 3. The molecule has 1 aliphatic heterocycles. The first kappa shape index (κ1) is 11.5. The predicted molar refractivity (Wildman–Crippen MR) is 52.1 cm³/mol. The van der Waals surface area contributed by atoms with Crippen molar-refractivity contribution in [2.24, 2.45) is 0 Å². The quantitative estimate of drug-likeness (QED) is 0.525. The van der Waals surface area contributed by atoms with E-state index in [9.17, 15) is 9.59 Å². The maximum atomic E-state index is 11.4. The summed E-state index contributed by atoms with van der Waals surface area (Å²) in [6.07, 6.45) is 2.80. The van der Waals surface area contributed by atoms with Gasteiger partial charge in [-0.2, -0.15) is 0 Å². The second kappa shape index (κ2) is 5.35. The number of hydroxylamine groups is 1. The number of aliphatic carboxylic acids is 1. The van der Waals surface area contributed by atoms with E-state index in [0.29, 0.717) is 13.1 Å². The van der Waals surface area contributed by atoms with Gasteiger partial charge in [0.05, 0.1) is 0 Å². The molecule has 1 heterocycles. The summed E-state index contributed by atoms with van der Waals surface area (Å²) >= 11 is 0. The van der Waals surface area contributed by atoms with Gasteiger partial charge >= 0.3 is 12.0 Å². The van der Waals surface area contributed by atoms with Gasteiger partial charge in [-0.3, -0.25) is 4.84 Å². The van der Waals surface area contributed by atoms with Crippen LogP contribution in [0, 0.1) is 0 Å². The number of nitrogens with one attached hydrogen (secondary N) is 1. The highest BCUT2D eigenvalue weighted by molar-refractivity contribution is 5.74. The van der Waals surface area contributed by atoms with Gasteiger partial charge < -0.3 is 10.0 Å². The molecular weight excluding hydrogens is 200 g/mol. The Morgan fingerprint density at radius 2 is 2.40 bits per heavy atom. The molecule has 0 fully saturated rings. The molecule has 0 aromatic carbocycles. The van der Waals surface area contributed by atoms with Gasteiger partial charge in [0.25, 0.3) is 0 Å². The lowest BCUT2D eigenvalue weighted by Crippen LogP contribution is -2.42. The lowest BCUT2D eigenvalue weighted by Gasteiger charge is -2.25. The van der Waals surface area contributed by atoms with Crippen LogP contribution in [-0.2, 0) is 9.63 Å². The SMILES string of the molecule is CC1=CCN(C(=O)NOCC(=O)O)CC1. The Hall–Kier alpha value is -1.56. The van der Waals surface area contributed by atoms with E-state index in [1.807, 2.05) is 13.0 Å². The average molecular weight is 214 g/mol. The van der Waals surface area contributed by atoms with Crippen molar-refractivity contribution in [2.75, 3.05) is 19.7 Å². The Morgan fingerprint density at radius 3 is 2.93 bits per heavy atom. The van der Waals surface area contributed by atoms with Crippen molar-refractivity contribution in [1.82, 2.24) is 10.4 Å². The summed E-state index contributed by atoms with van der Waals surface area (Å²) in [5.74, 6) is -1.12. The molecule has 0 aliphatic carbocycles. The molecule has 0 spiro atoms. The molecule has 0 saturated carbocycles. The molecule has 84 valence electrons. The molecular formula is C9H14N2O4. The van der Waals surface area contributed by atoms with E-state index in [-0.39, 0.29) is 0 Å². The van der Waals surface area contributed by atoms with Crippen LogP contribution in [0.2, 0.25) is 0 Å². The van der Waals surface area contributed by atoms with Gasteiger partial charge in [-0.1, -0.05) is 11.6 Å². The van der Waals surface area contributed by atoms with Crippen LogP contribution in [-0.4, -0.2) is 41.7 Å². The highest BCUT2D eigenvalue weighted by Crippen LogP contribution is 2.08. The van der Waals surface area contributed by atoms with Gasteiger partial charge in [0.1, 0.15) is 0 Å². The highest BCUT2D eigenvalue weighted by atomic mass is 16.7. The Kier molecular flexibility index (Phi) is 4.11. The van der Waals surface area contributed by atoms with E-state index in [0.717, 1.165) is 6.42 Å². The number of hydrogen-bond donors (Lipinski definition) is 2. The molecule has 2 amide bonds. The fourth-order valence-electron chi connectivity index (χ4n) is 1.18. The van der Waals surface area contributed by atoms with Crippen LogP contribution in [0.1, 0.15) is 13.3 Å². The maximum absolute atomic E-state index is 11.4. The largest absolute Gasteiger partial charge is 0.479 e. The molecule has 0 unspecified atom stereocenters. The van der Waals surface area contributed by atoms with Crippen LogP contribution in [0.15, 0.2) is 11.6 Å². The first-order valence-corrected chi connectivity index (χ1v) is 4.63. The van der Waals surface area contributed by atoms with E-state index < -0.39 is 18.6 Å². The second-order valence-electron chi connectivity index (χ2n) is 3.34. The topological polar surface area (TPSA) is 78.9 Å². The zero-order valence-electron chi connectivity index (χ0n) is 8.52. The average Bonchev–Trinajstić information content (AvgIpc) is 2.18. The minimum Gasteiger partial charge on any atom is -0.479 e. The molecule has 2 N–H and O–H groups in total. The number of carbonyl (C=O) groups excluding carboxylic acids is 1. The number of carboxylic acid groups (broad SMARTS) is 1. The summed E-state index contributed by atoms with van der Waals surface area (Å²) in [5.41, 5.74) is 3.33. The molecule has 15 heavy (non-hydrogen) atoms. The van der Waals surface area contributed by atoms with Gasteiger partial charge in [0.15, 0.2) is 6.61 Å². The number of hydrogen-bond acceptors (Lipinski definition) is 3. The van der Waals surface area contributed by atoms with Crippen molar-refractivity contribution < 1.29 is 19.5 Å². The third kappa shape index (κ3) is 3.99. The maximum Gasteiger partial charge on any atom is 0.341 e. The molecule has 0 atom stereocenters. The summed E-state index contributed by atoms with van der Waals surface area (Å²) < 4.78 is 0. The Balaban J connectivity index is 2.26. The predicted octanol–water partition coefficient (Wildman–Crippen LogP) is 0.364. The molecule has 0 aromatic rings. The van der Waals surface area contributed by atoms with E-state index in [4.69, 9.17) is 5.11 Å². The number of nitrogens with zero attached hydrogens (tertiary/aromatic N) is 1. The van der Waals surface area contributed by atoms with Crippen LogP contribution in [0.5, 0.6) is 0 Å². The van der Waals surface area contributed by atoms with Crippen molar-refractivity contribution in [3.8, 4) is 0 Å². The highest BCUT2D eigenvalue weighted by Gasteiger charge is 2.15. The number of carbonyl (C=O) groups is 2. The Bertz CT molecular complexity index is 288. The molecule has 0 aromatic heterocycles. The molecule has 6 nitrogen and oxygen atoms in total. The van der Waals surface area contributed by atoms with Crippen LogP contribution in [0.25, 0.3) is 0 Å². The van der Waals surface area contributed by atoms with E-state index in [1.54, 1.807) is 4.90 Å². The lowest BCUT2D eigenvalue weighted by molar-refractivity contribution is -0.144. The van der Waals surface area contributed by atoms with Crippen LogP contribution >= 0.6 is 0 Å². The Morgan fingerprint density at radius 1 is 1.67 bits per heavy atom. The minimum atomic E-state index is -1.12. The van der Waals surface area contributed by atoms with Gasteiger partial charge in [-0.15, -0.1) is 0 Å². The summed E-state index contributed by atoms with van der Waals surface area (Å²) in [6, 6.07) is -0.403. The molecule has 0 bridgehead atoms. The molecule has 6 heteroatoms. The summed E-state index contributed by atoms with van der Waals surface area (Å²) in [6.45, 7) is 2.64. The first-order valence-electron chi connectivity index (χ1n) is 4.63. The molecule has 1 rings (SSSR count). The third-order valence-electron chi connectivity index (χ3n) is 2.08. The van der Waals surface area contributed by atoms with Crippen LogP contribution in [0.4, 0.5) is 4.79 Å². The molecule has 1 aliphatic rings. The van der Waals surface area contributed by atoms with Gasteiger partial charge in [0, 0.05) is 13.1 Å². The van der Waals surface area contributed by atoms with Gasteiger partial charge in [-0.05, 0) is 13.3 Å². The van der Waals surface area contributed by atoms with Crippen molar-refractivity contribution in [3.63, 3.8) is 0 Å². The normalized spacial score (nSPS) is 15.8. The number of carboxylic acids is 1. The van der Waals surface area contributed by atoms with Crippen LogP contribution in [0.3, 0.4) is 0 Å². The number of amides is 2. The molecule has 0 radical (unpaired) electrons. The fraction of sp³-hybridized carbons (Fsp3) is 0.556. The van der Waals surface area contributed by atoms with E-state index >= 15 is 0 Å². The van der Waals surface area contributed by atoms with Gasteiger partial charge in [0.2, 0.25) is 0 Å². The van der Waals surface area contributed by atoms with Crippen LogP contribution < -0.4 is 5.48 Å². The monoisotopic (exact) mass is 214 g/mol. The summed E-state index contributed by atoms with van der Waals surface area (Å²) in [5, 5.41) is 8.27. The fourth-order valence-corrected chi connectivity index (χ4v) is 1.18. The molecule has 0 saturated heterocycles. The minimum absolute atomic E-state index is 0.403. The summed E-state index contributed by atoms with van der Waals surface area (Å²) in [4.78, 5) is 27.5. The van der Waals surface area contributed by atoms with E-state index in [2.05, 4.69) is 10.3 Å². The second-order valence-corrected chi connectivity index (χ2v) is 3.34. The van der Waals surface area contributed by atoms with Gasteiger partial charge in [-0.25, -0.2) is 15.1 Å². The van der Waals surface area contributed by atoms with Crippen molar-refractivity contribution >= 4 is 12.0 Å². The lowest BCUT2D eigenvalue weighted by atomic mass is 10.1. The van der Waals surface area contributed by atoms with Crippen molar-refractivity contribution in [1.29, 1.82) is 0 Å². The van der Waals surface area contributed by atoms with Crippen molar-refractivity contribution in [3.05, 3.63) is 11.6 Å². The third-order valence-corrected chi connectivity index (χ3v) is 2.08. The van der Waals surface area contributed by atoms with E-state index in [1.165, 1.54) is 5.57 Å². The zero-order valence-corrected chi connectivity index (χ0v) is 8.52. The smallest absolute Gasteiger partial charge is 0.341 e.